The SMILES string of the molecule is CCCNc1nc(N)c(C(=O)NC2CCS(=O)CC2)s1. The normalized spacial score (nSPS) is 22.4. The second kappa shape index (κ2) is 7.03. The van der Waals surface area contributed by atoms with Crippen molar-refractivity contribution in [3.63, 3.8) is 0 Å². The second-order valence-electron chi connectivity index (χ2n) is 4.76. The molecule has 112 valence electrons. The molecule has 0 radical (unpaired) electrons. The Morgan fingerprint density at radius 2 is 2.20 bits per heavy atom. The summed E-state index contributed by atoms with van der Waals surface area (Å²) in [5, 5.41) is 6.76. The summed E-state index contributed by atoms with van der Waals surface area (Å²) in [6, 6.07) is 0.0914. The highest BCUT2D eigenvalue weighted by Crippen LogP contribution is 2.25. The number of nitrogens with two attached hydrogens (primary N) is 1. The molecule has 0 bridgehead atoms. The van der Waals surface area contributed by atoms with Crippen LogP contribution in [0.3, 0.4) is 0 Å². The minimum absolute atomic E-state index is 0.0914. The molecular weight excluding hydrogens is 296 g/mol. The number of anilines is 2. The second-order valence-corrected chi connectivity index (χ2v) is 7.45. The zero-order valence-electron chi connectivity index (χ0n) is 11.5. The molecule has 1 saturated heterocycles. The van der Waals surface area contributed by atoms with Gasteiger partial charge in [-0.15, -0.1) is 0 Å². The van der Waals surface area contributed by atoms with Gasteiger partial charge in [-0.25, -0.2) is 4.98 Å². The third-order valence-electron chi connectivity index (χ3n) is 3.11. The van der Waals surface area contributed by atoms with E-state index >= 15 is 0 Å². The Morgan fingerprint density at radius 1 is 1.50 bits per heavy atom. The lowest BCUT2D eigenvalue weighted by Gasteiger charge is -2.22. The molecule has 2 heterocycles. The van der Waals surface area contributed by atoms with Gasteiger partial charge >= 0.3 is 0 Å². The summed E-state index contributed by atoms with van der Waals surface area (Å²) in [7, 11) is -0.720. The van der Waals surface area contributed by atoms with Crippen LogP contribution in [0, 0.1) is 0 Å². The first-order valence-electron chi connectivity index (χ1n) is 6.76. The van der Waals surface area contributed by atoms with E-state index in [1.165, 1.54) is 11.3 Å². The molecule has 8 heteroatoms. The van der Waals surface area contributed by atoms with Crippen molar-refractivity contribution in [2.75, 3.05) is 29.1 Å². The molecule has 1 aromatic heterocycles. The Bertz CT molecular complexity index is 494. The summed E-state index contributed by atoms with van der Waals surface area (Å²) in [6.07, 6.45) is 2.51. The van der Waals surface area contributed by atoms with Crippen molar-refractivity contribution in [1.82, 2.24) is 10.3 Å². The van der Waals surface area contributed by atoms with Crippen molar-refractivity contribution in [3.05, 3.63) is 4.88 Å². The average Bonchev–Trinajstić information content (AvgIpc) is 2.80. The summed E-state index contributed by atoms with van der Waals surface area (Å²) in [6.45, 7) is 2.87. The van der Waals surface area contributed by atoms with E-state index in [9.17, 15) is 9.00 Å². The minimum atomic E-state index is -0.720. The molecule has 1 amide bonds. The number of rotatable bonds is 5. The van der Waals surface area contributed by atoms with Gasteiger partial charge in [0.1, 0.15) is 10.7 Å². The number of thiazole rings is 1. The maximum atomic E-state index is 12.2. The molecule has 0 saturated carbocycles. The smallest absolute Gasteiger partial charge is 0.265 e. The van der Waals surface area contributed by atoms with Gasteiger partial charge in [-0.1, -0.05) is 18.3 Å². The highest BCUT2D eigenvalue weighted by atomic mass is 32.2. The lowest BCUT2D eigenvalue weighted by atomic mass is 10.1. The zero-order chi connectivity index (χ0) is 14.5. The fourth-order valence-corrected chi connectivity index (χ4v) is 4.10. The van der Waals surface area contributed by atoms with Crippen LogP contribution in [0.25, 0.3) is 0 Å². The van der Waals surface area contributed by atoms with E-state index in [0.717, 1.165) is 25.8 Å². The maximum Gasteiger partial charge on any atom is 0.265 e. The lowest BCUT2D eigenvalue weighted by Crippen LogP contribution is -2.39. The Labute approximate surface area is 125 Å². The van der Waals surface area contributed by atoms with E-state index in [-0.39, 0.29) is 17.8 Å². The Morgan fingerprint density at radius 3 is 2.85 bits per heavy atom. The molecule has 4 N–H and O–H groups in total. The van der Waals surface area contributed by atoms with Crippen LogP contribution in [0.5, 0.6) is 0 Å². The monoisotopic (exact) mass is 316 g/mol. The van der Waals surface area contributed by atoms with Crippen molar-refractivity contribution in [2.24, 2.45) is 0 Å². The molecule has 0 aromatic carbocycles. The lowest BCUT2D eigenvalue weighted by molar-refractivity contribution is 0.0939. The summed E-state index contributed by atoms with van der Waals surface area (Å²) in [4.78, 5) is 16.8. The average molecular weight is 316 g/mol. The third-order valence-corrected chi connectivity index (χ3v) is 5.52. The summed E-state index contributed by atoms with van der Waals surface area (Å²) in [5.74, 6) is 1.41. The summed E-state index contributed by atoms with van der Waals surface area (Å²) in [5.41, 5.74) is 5.79. The van der Waals surface area contributed by atoms with Crippen molar-refractivity contribution < 1.29 is 9.00 Å². The molecule has 0 atom stereocenters. The molecule has 0 spiro atoms. The summed E-state index contributed by atoms with van der Waals surface area (Å²) < 4.78 is 11.3. The third kappa shape index (κ3) is 3.92. The minimum Gasteiger partial charge on any atom is -0.382 e. The maximum absolute atomic E-state index is 12.2. The Balaban J connectivity index is 1.94. The first-order chi connectivity index (χ1) is 9.60. The van der Waals surface area contributed by atoms with Gasteiger partial charge in [0.05, 0.1) is 0 Å². The van der Waals surface area contributed by atoms with Gasteiger partial charge in [0, 0.05) is 34.9 Å². The molecule has 20 heavy (non-hydrogen) atoms. The summed E-state index contributed by atoms with van der Waals surface area (Å²) >= 11 is 1.28. The van der Waals surface area contributed by atoms with Gasteiger partial charge in [0.15, 0.2) is 5.13 Å². The number of nitrogens with one attached hydrogen (secondary N) is 2. The predicted octanol–water partition coefficient (Wildman–Crippen LogP) is 1.19. The molecule has 1 aliphatic heterocycles. The van der Waals surface area contributed by atoms with E-state index in [1.807, 2.05) is 0 Å². The van der Waals surface area contributed by atoms with Crippen molar-refractivity contribution >= 4 is 39.0 Å². The zero-order valence-corrected chi connectivity index (χ0v) is 13.1. The van der Waals surface area contributed by atoms with Crippen LogP contribution in [0.2, 0.25) is 0 Å². The largest absolute Gasteiger partial charge is 0.382 e. The molecule has 2 rings (SSSR count). The number of carbonyl (C=O) groups is 1. The molecule has 0 unspecified atom stereocenters. The quantitative estimate of drug-likeness (QED) is 0.758. The molecule has 1 aromatic rings. The molecule has 0 aliphatic carbocycles. The van der Waals surface area contributed by atoms with Gasteiger partial charge in [-0.3, -0.25) is 9.00 Å². The number of carbonyl (C=O) groups excluding carboxylic acids is 1. The number of nitrogens with zero attached hydrogens (tertiary/aromatic N) is 1. The number of nitrogen functional groups attached to an aromatic ring is 1. The fourth-order valence-electron chi connectivity index (χ4n) is 1.99. The number of hydrogen-bond acceptors (Lipinski definition) is 6. The first kappa shape index (κ1) is 15.2. The van der Waals surface area contributed by atoms with E-state index in [4.69, 9.17) is 5.73 Å². The van der Waals surface area contributed by atoms with Gasteiger partial charge in [-0.05, 0) is 19.3 Å². The van der Waals surface area contributed by atoms with Crippen molar-refractivity contribution in [3.8, 4) is 0 Å². The molecule has 6 nitrogen and oxygen atoms in total. The Kier molecular flexibility index (Phi) is 5.36. The van der Waals surface area contributed by atoms with Gasteiger partial charge in [0.2, 0.25) is 0 Å². The van der Waals surface area contributed by atoms with Crippen LogP contribution in [-0.4, -0.2) is 39.2 Å². The highest BCUT2D eigenvalue weighted by molar-refractivity contribution is 7.85. The van der Waals surface area contributed by atoms with E-state index < -0.39 is 10.8 Å². The van der Waals surface area contributed by atoms with Crippen LogP contribution in [-0.2, 0) is 10.8 Å². The van der Waals surface area contributed by atoms with E-state index in [2.05, 4.69) is 22.5 Å². The fraction of sp³-hybridized carbons (Fsp3) is 0.667. The van der Waals surface area contributed by atoms with E-state index in [0.29, 0.717) is 21.5 Å². The Hall–Kier alpha value is -1.15. The first-order valence-corrected chi connectivity index (χ1v) is 9.06. The van der Waals surface area contributed by atoms with Gasteiger partial charge in [-0.2, -0.15) is 0 Å². The van der Waals surface area contributed by atoms with Crippen LogP contribution in [0.4, 0.5) is 10.9 Å². The highest BCUT2D eigenvalue weighted by Gasteiger charge is 2.22. The van der Waals surface area contributed by atoms with E-state index in [1.54, 1.807) is 0 Å². The number of amides is 1. The topological polar surface area (TPSA) is 97.1 Å². The van der Waals surface area contributed by atoms with Crippen LogP contribution >= 0.6 is 11.3 Å². The number of hydrogen-bond donors (Lipinski definition) is 3. The standard InChI is InChI=1S/C12H20N4O2S2/c1-2-5-14-12-16-10(13)9(19-12)11(17)15-8-3-6-20(18)7-4-8/h8H,2-7,13H2,1H3,(H,14,16)(H,15,17). The predicted molar refractivity (Wildman–Crippen MR) is 83.7 cm³/mol. The van der Waals surface area contributed by atoms with Crippen LogP contribution in [0.1, 0.15) is 35.9 Å². The van der Waals surface area contributed by atoms with Crippen molar-refractivity contribution in [2.45, 2.75) is 32.2 Å². The molecule has 1 aliphatic rings. The van der Waals surface area contributed by atoms with Crippen LogP contribution in [0.15, 0.2) is 0 Å². The van der Waals surface area contributed by atoms with Crippen LogP contribution < -0.4 is 16.4 Å². The van der Waals surface area contributed by atoms with Gasteiger partial charge in [0.25, 0.3) is 5.91 Å². The molecular formula is C12H20N4O2S2. The van der Waals surface area contributed by atoms with Gasteiger partial charge < -0.3 is 16.4 Å². The molecule has 1 fully saturated rings. The van der Waals surface area contributed by atoms with Crippen molar-refractivity contribution in [1.29, 1.82) is 0 Å². The number of aromatic nitrogens is 1.